The van der Waals surface area contributed by atoms with Gasteiger partial charge in [0.25, 0.3) is 0 Å². The topological polar surface area (TPSA) is 12.4 Å². The molecule has 0 aromatic heterocycles. The first-order chi connectivity index (χ1) is 6.38. The van der Waals surface area contributed by atoms with Gasteiger partial charge in [-0.05, 0) is 12.0 Å². The summed E-state index contributed by atoms with van der Waals surface area (Å²) in [4.78, 5) is 4.42. The quantitative estimate of drug-likeness (QED) is 0.616. The van der Waals surface area contributed by atoms with Crippen molar-refractivity contribution in [2.75, 3.05) is 0 Å². The molecule has 1 aliphatic heterocycles. The van der Waals surface area contributed by atoms with E-state index in [0.29, 0.717) is 5.92 Å². The second-order valence-electron chi connectivity index (χ2n) is 3.40. The second kappa shape index (κ2) is 3.56. The van der Waals surface area contributed by atoms with Gasteiger partial charge < -0.3 is 0 Å². The average molecular weight is 171 g/mol. The van der Waals surface area contributed by atoms with E-state index in [1.54, 1.807) is 0 Å². The van der Waals surface area contributed by atoms with Crippen LogP contribution in [0.2, 0.25) is 0 Å². The number of hydrogen-bond acceptors (Lipinski definition) is 1. The van der Waals surface area contributed by atoms with Gasteiger partial charge in [0.2, 0.25) is 0 Å². The van der Waals surface area contributed by atoms with Crippen LogP contribution in [0, 0.1) is 5.92 Å². The number of hydrogen-bond donors (Lipinski definition) is 0. The Bertz CT molecular complexity index is 335. The van der Waals surface area contributed by atoms with Crippen LogP contribution in [-0.2, 0) is 0 Å². The van der Waals surface area contributed by atoms with Gasteiger partial charge >= 0.3 is 0 Å². The van der Waals surface area contributed by atoms with Crippen LogP contribution in [-0.4, -0.2) is 5.71 Å². The van der Waals surface area contributed by atoms with Gasteiger partial charge in [-0.2, -0.15) is 0 Å². The maximum atomic E-state index is 4.42. The van der Waals surface area contributed by atoms with Crippen molar-refractivity contribution in [2.24, 2.45) is 10.9 Å². The molecule has 1 atom stereocenters. The van der Waals surface area contributed by atoms with Gasteiger partial charge in [0.05, 0.1) is 5.71 Å². The Morgan fingerprint density at radius 3 is 2.69 bits per heavy atom. The molecule has 2 rings (SSSR count). The summed E-state index contributed by atoms with van der Waals surface area (Å²) in [5, 5.41) is 0. The van der Waals surface area contributed by atoms with Crippen LogP contribution in [0.25, 0.3) is 0 Å². The van der Waals surface area contributed by atoms with Crippen molar-refractivity contribution in [1.29, 1.82) is 0 Å². The Morgan fingerprint density at radius 1 is 1.23 bits per heavy atom. The summed E-state index contributed by atoms with van der Waals surface area (Å²) in [6, 6.07) is 10.4. The molecule has 1 aromatic rings. The van der Waals surface area contributed by atoms with Gasteiger partial charge in [-0.25, -0.2) is 0 Å². The third-order valence-electron chi connectivity index (χ3n) is 2.35. The lowest BCUT2D eigenvalue weighted by molar-refractivity contribution is 0.778. The van der Waals surface area contributed by atoms with E-state index in [4.69, 9.17) is 0 Å². The molecule has 0 N–H and O–H groups in total. The van der Waals surface area contributed by atoms with E-state index in [2.05, 4.69) is 42.3 Å². The zero-order valence-electron chi connectivity index (χ0n) is 7.77. The van der Waals surface area contributed by atoms with E-state index < -0.39 is 0 Å². The summed E-state index contributed by atoms with van der Waals surface area (Å²) >= 11 is 0. The lowest BCUT2D eigenvalue weighted by Crippen LogP contribution is -2.13. The van der Waals surface area contributed by atoms with Crippen LogP contribution in [0.3, 0.4) is 0 Å². The first-order valence-corrected chi connectivity index (χ1v) is 4.66. The lowest BCUT2D eigenvalue weighted by atomic mass is 9.94. The summed E-state index contributed by atoms with van der Waals surface area (Å²) in [6.07, 6.45) is 5.13. The summed E-state index contributed by atoms with van der Waals surface area (Å²) in [7, 11) is 0. The highest BCUT2D eigenvalue weighted by Gasteiger charge is 2.12. The summed E-state index contributed by atoms with van der Waals surface area (Å²) in [5.74, 6) is 0.549. The third-order valence-corrected chi connectivity index (χ3v) is 2.35. The van der Waals surface area contributed by atoms with E-state index in [1.807, 2.05) is 12.3 Å². The fourth-order valence-corrected chi connectivity index (χ4v) is 1.60. The SMILES string of the molecule is CC1CC=CN=C1c1ccccc1. The molecule has 13 heavy (non-hydrogen) atoms. The minimum Gasteiger partial charge on any atom is -0.261 e. The van der Waals surface area contributed by atoms with Gasteiger partial charge in [0.1, 0.15) is 0 Å². The minimum absolute atomic E-state index is 0.549. The Kier molecular flexibility index (Phi) is 2.26. The molecule has 1 unspecified atom stereocenters. The van der Waals surface area contributed by atoms with Crippen LogP contribution < -0.4 is 0 Å². The number of allylic oxidation sites excluding steroid dienone is 1. The van der Waals surface area contributed by atoms with Crippen molar-refractivity contribution in [2.45, 2.75) is 13.3 Å². The fourth-order valence-electron chi connectivity index (χ4n) is 1.60. The number of aliphatic imine (C=N–C) groups is 1. The normalized spacial score (nSPS) is 21.3. The van der Waals surface area contributed by atoms with Crippen LogP contribution in [0.1, 0.15) is 18.9 Å². The highest BCUT2D eigenvalue weighted by Crippen LogP contribution is 2.17. The third kappa shape index (κ3) is 1.69. The summed E-state index contributed by atoms with van der Waals surface area (Å²) in [6.45, 7) is 2.22. The molecule has 1 aromatic carbocycles. The smallest absolute Gasteiger partial charge is 0.0506 e. The van der Waals surface area contributed by atoms with Gasteiger partial charge in [-0.3, -0.25) is 4.99 Å². The number of rotatable bonds is 1. The molecule has 1 heterocycles. The van der Waals surface area contributed by atoms with Crippen LogP contribution in [0.5, 0.6) is 0 Å². The Morgan fingerprint density at radius 2 is 2.00 bits per heavy atom. The van der Waals surface area contributed by atoms with Gasteiger partial charge in [0, 0.05) is 12.1 Å². The van der Waals surface area contributed by atoms with Crippen molar-refractivity contribution < 1.29 is 0 Å². The zero-order valence-corrected chi connectivity index (χ0v) is 7.77. The molecule has 66 valence electrons. The highest BCUT2D eigenvalue weighted by molar-refractivity contribution is 6.02. The van der Waals surface area contributed by atoms with E-state index >= 15 is 0 Å². The van der Waals surface area contributed by atoms with Crippen LogP contribution in [0.15, 0.2) is 47.6 Å². The van der Waals surface area contributed by atoms with E-state index in [1.165, 1.54) is 11.3 Å². The Balaban J connectivity index is 2.35. The second-order valence-corrected chi connectivity index (χ2v) is 3.40. The predicted molar refractivity (Wildman–Crippen MR) is 55.9 cm³/mol. The van der Waals surface area contributed by atoms with Gasteiger partial charge in [-0.1, -0.05) is 43.3 Å². The van der Waals surface area contributed by atoms with Crippen molar-refractivity contribution in [3.05, 3.63) is 48.2 Å². The Labute approximate surface area is 78.8 Å². The maximum Gasteiger partial charge on any atom is 0.0506 e. The molecule has 1 nitrogen and oxygen atoms in total. The van der Waals surface area contributed by atoms with E-state index in [0.717, 1.165) is 6.42 Å². The maximum absolute atomic E-state index is 4.42. The first kappa shape index (κ1) is 8.24. The molecule has 0 saturated heterocycles. The van der Waals surface area contributed by atoms with E-state index in [9.17, 15) is 0 Å². The number of benzene rings is 1. The van der Waals surface area contributed by atoms with Gasteiger partial charge in [0.15, 0.2) is 0 Å². The molecule has 1 heteroatoms. The zero-order chi connectivity index (χ0) is 9.10. The van der Waals surface area contributed by atoms with Crippen LogP contribution >= 0.6 is 0 Å². The summed E-state index contributed by atoms with van der Waals surface area (Å²) in [5.41, 5.74) is 2.46. The molecule has 0 amide bonds. The first-order valence-electron chi connectivity index (χ1n) is 4.66. The Hall–Kier alpha value is -1.37. The van der Waals surface area contributed by atoms with Crippen LogP contribution in [0.4, 0.5) is 0 Å². The molecule has 0 radical (unpaired) electrons. The molecule has 0 aliphatic carbocycles. The monoisotopic (exact) mass is 171 g/mol. The minimum atomic E-state index is 0.549. The van der Waals surface area contributed by atoms with Crippen molar-refractivity contribution in [3.8, 4) is 0 Å². The summed E-state index contributed by atoms with van der Waals surface area (Å²) < 4.78 is 0. The molecular formula is C12H13N. The average Bonchev–Trinajstić information content (AvgIpc) is 2.20. The van der Waals surface area contributed by atoms with Crippen molar-refractivity contribution >= 4 is 5.71 Å². The molecule has 0 bridgehead atoms. The number of nitrogens with zero attached hydrogens (tertiary/aromatic N) is 1. The molecule has 1 aliphatic rings. The largest absolute Gasteiger partial charge is 0.261 e. The molecule has 0 spiro atoms. The predicted octanol–water partition coefficient (Wildman–Crippen LogP) is 3.03. The fraction of sp³-hybridized carbons (Fsp3) is 0.250. The molecular weight excluding hydrogens is 158 g/mol. The standard InChI is InChI=1S/C12H13N/c1-10-6-5-9-13-12(10)11-7-3-2-4-8-11/h2-5,7-10H,6H2,1H3. The van der Waals surface area contributed by atoms with Gasteiger partial charge in [-0.15, -0.1) is 0 Å². The molecule has 0 fully saturated rings. The lowest BCUT2D eigenvalue weighted by Gasteiger charge is -2.15. The van der Waals surface area contributed by atoms with Crippen molar-refractivity contribution in [1.82, 2.24) is 0 Å². The van der Waals surface area contributed by atoms with E-state index in [-0.39, 0.29) is 0 Å². The highest BCUT2D eigenvalue weighted by atomic mass is 14.7. The van der Waals surface area contributed by atoms with Crippen molar-refractivity contribution in [3.63, 3.8) is 0 Å². The molecule has 0 saturated carbocycles.